The highest BCUT2D eigenvalue weighted by Crippen LogP contribution is 2.18. The molecular formula is C13H15NO3. The zero-order valence-electron chi connectivity index (χ0n) is 9.52. The Balaban J connectivity index is 2.06. The second kappa shape index (κ2) is 5.50. The number of hydrogen-bond acceptors (Lipinski definition) is 3. The van der Waals surface area contributed by atoms with Gasteiger partial charge in [0.25, 0.3) is 5.91 Å². The van der Waals surface area contributed by atoms with Crippen LogP contribution in [0, 0.1) is 0 Å². The van der Waals surface area contributed by atoms with Crippen LogP contribution in [0.3, 0.4) is 0 Å². The molecule has 0 aromatic heterocycles. The Morgan fingerprint density at radius 2 is 2.29 bits per heavy atom. The summed E-state index contributed by atoms with van der Waals surface area (Å²) in [6, 6.07) is 7.28. The summed E-state index contributed by atoms with van der Waals surface area (Å²) in [6.45, 7) is 5.13. The van der Waals surface area contributed by atoms with Crippen molar-refractivity contribution in [2.75, 3.05) is 19.8 Å². The largest absolute Gasteiger partial charge is 0.489 e. The Kier molecular flexibility index (Phi) is 3.77. The van der Waals surface area contributed by atoms with Crippen molar-refractivity contribution in [3.8, 4) is 5.75 Å². The number of hydrogen-bond donors (Lipinski definition) is 1. The van der Waals surface area contributed by atoms with E-state index in [-0.39, 0.29) is 11.9 Å². The quantitative estimate of drug-likeness (QED) is 0.782. The third-order valence-corrected chi connectivity index (χ3v) is 2.46. The zero-order chi connectivity index (χ0) is 12.1. The first-order chi connectivity index (χ1) is 8.31. The van der Waals surface area contributed by atoms with E-state index in [1.54, 1.807) is 18.2 Å². The molecule has 4 heteroatoms. The summed E-state index contributed by atoms with van der Waals surface area (Å²) in [5.74, 6) is 0.447. The van der Waals surface area contributed by atoms with Gasteiger partial charge in [0.15, 0.2) is 0 Å². The van der Waals surface area contributed by atoms with Crippen LogP contribution in [0.4, 0.5) is 0 Å². The second-order valence-corrected chi connectivity index (χ2v) is 3.80. The maximum absolute atomic E-state index is 12.0. The van der Waals surface area contributed by atoms with E-state index in [1.165, 1.54) is 0 Å². The summed E-state index contributed by atoms with van der Waals surface area (Å²) >= 11 is 0. The van der Waals surface area contributed by atoms with Crippen molar-refractivity contribution < 1.29 is 14.3 Å². The fourth-order valence-electron chi connectivity index (χ4n) is 1.51. The van der Waals surface area contributed by atoms with Crippen molar-refractivity contribution in [2.45, 2.75) is 6.04 Å². The molecule has 0 spiro atoms. The maximum Gasteiger partial charge on any atom is 0.255 e. The third-order valence-electron chi connectivity index (χ3n) is 2.46. The molecule has 17 heavy (non-hydrogen) atoms. The van der Waals surface area contributed by atoms with E-state index in [9.17, 15) is 4.79 Å². The molecule has 1 fully saturated rings. The summed E-state index contributed by atoms with van der Waals surface area (Å²) in [7, 11) is 0. The summed E-state index contributed by atoms with van der Waals surface area (Å²) in [4.78, 5) is 12.0. The second-order valence-electron chi connectivity index (χ2n) is 3.80. The molecule has 1 saturated heterocycles. The van der Waals surface area contributed by atoms with Crippen LogP contribution in [-0.4, -0.2) is 31.8 Å². The molecular weight excluding hydrogens is 218 g/mol. The van der Waals surface area contributed by atoms with Crippen molar-refractivity contribution >= 4 is 5.91 Å². The number of carbonyl (C=O) groups excluding carboxylic acids is 1. The smallest absolute Gasteiger partial charge is 0.255 e. The minimum Gasteiger partial charge on any atom is -0.489 e. The minimum absolute atomic E-state index is 0.120. The van der Waals surface area contributed by atoms with E-state index in [0.717, 1.165) is 0 Å². The van der Waals surface area contributed by atoms with Gasteiger partial charge < -0.3 is 14.8 Å². The number of nitrogens with one attached hydrogen (secondary N) is 1. The molecule has 0 atom stereocenters. The van der Waals surface area contributed by atoms with Crippen molar-refractivity contribution in [1.29, 1.82) is 0 Å². The van der Waals surface area contributed by atoms with Crippen molar-refractivity contribution in [2.24, 2.45) is 0 Å². The molecule has 1 N–H and O–H groups in total. The number of amides is 1. The summed E-state index contributed by atoms with van der Waals surface area (Å²) in [5.41, 5.74) is 0.543. The molecule has 1 amide bonds. The minimum atomic E-state index is -0.127. The molecule has 1 aromatic rings. The van der Waals surface area contributed by atoms with Gasteiger partial charge in [-0.15, -0.1) is 0 Å². The lowest BCUT2D eigenvalue weighted by atomic mass is 10.1. The average molecular weight is 233 g/mol. The van der Waals surface area contributed by atoms with Gasteiger partial charge in [-0.05, 0) is 12.1 Å². The van der Waals surface area contributed by atoms with E-state index < -0.39 is 0 Å². The molecule has 0 bridgehead atoms. The molecule has 0 saturated carbocycles. The van der Waals surface area contributed by atoms with Gasteiger partial charge in [0.2, 0.25) is 0 Å². The van der Waals surface area contributed by atoms with Crippen molar-refractivity contribution in [1.82, 2.24) is 5.32 Å². The topological polar surface area (TPSA) is 47.6 Å². The molecule has 1 heterocycles. The van der Waals surface area contributed by atoms with Gasteiger partial charge in [-0.2, -0.15) is 0 Å². The van der Waals surface area contributed by atoms with E-state index in [0.29, 0.717) is 31.1 Å². The molecule has 0 radical (unpaired) electrons. The zero-order valence-corrected chi connectivity index (χ0v) is 9.52. The Hall–Kier alpha value is -1.81. The standard InChI is InChI=1S/C13H15NO3/c1-2-7-17-12-6-4-3-5-11(12)13(15)14-10-8-16-9-10/h2-6,10H,1,7-9H2,(H,14,15). The molecule has 1 aliphatic heterocycles. The number of benzene rings is 1. The highest BCUT2D eigenvalue weighted by Gasteiger charge is 2.22. The van der Waals surface area contributed by atoms with E-state index in [1.807, 2.05) is 12.1 Å². The average Bonchev–Trinajstić information content (AvgIpc) is 2.31. The normalized spacial score (nSPS) is 14.8. The Morgan fingerprint density at radius 3 is 2.94 bits per heavy atom. The number of carbonyl (C=O) groups is 1. The van der Waals surface area contributed by atoms with Crippen LogP contribution in [-0.2, 0) is 4.74 Å². The first kappa shape index (κ1) is 11.7. The van der Waals surface area contributed by atoms with Gasteiger partial charge in [-0.1, -0.05) is 24.8 Å². The first-order valence-corrected chi connectivity index (χ1v) is 5.52. The van der Waals surface area contributed by atoms with Crippen LogP contribution < -0.4 is 10.1 Å². The van der Waals surface area contributed by atoms with Crippen molar-refractivity contribution in [3.05, 3.63) is 42.5 Å². The molecule has 90 valence electrons. The molecule has 1 aromatic carbocycles. The first-order valence-electron chi connectivity index (χ1n) is 5.52. The third kappa shape index (κ3) is 2.85. The number of ether oxygens (including phenoxy) is 2. The molecule has 1 aliphatic rings. The fraction of sp³-hybridized carbons (Fsp3) is 0.308. The van der Waals surface area contributed by atoms with Crippen LogP contribution in [0.25, 0.3) is 0 Å². The number of para-hydroxylation sites is 1. The van der Waals surface area contributed by atoms with Gasteiger partial charge in [-0.3, -0.25) is 4.79 Å². The van der Waals surface area contributed by atoms with Gasteiger partial charge >= 0.3 is 0 Å². The van der Waals surface area contributed by atoms with Crippen LogP contribution in [0.15, 0.2) is 36.9 Å². The van der Waals surface area contributed by atoms with Gasteiger partial charge in [-0.25, -0.2) is 0 Å². The Morgan fingerprint density at radius 1 is 1.53 bits per heavy atom. The van der Waals surface area contributed by atoms with Crippen LogP contribution >= 0.6 is 0 Å². The lowest BCUT2D eigenvalue weighted by molar-refractivity contribution is -0.00350. The Bertz CT molecular complexity index is 413. The lowest BCUT2D eigenvalue weighted by Crippen LogP contribution is -2.48. The lowest BCUT2D eigenvalue weighted by Gasteiger charge is -2.27. The van der Waals surface area contributed by atoms with E-state index in [2.05, 4.69) is 11.9 Å². The number of rotatable bonds is 5. The molecule has 2 rings (SSSR count). The summed E-state index contributed by atoms with van der Waals surface area (Å²) in [6.07, 6.45) is 1.65. The molecule has 0 aliphatic carbocycles. The molecule has 4 nitrogen and oxygen atoms in total. The van der Waals surface area contributed by atoms with Gasteiger partial charge in [0.1, 0.15) is 12.4 Å². The SMILES string of the molecule is C=CCOc1ccccc1C(=O)NC1COC1. The summed E-state index contributed by atoms with van der Waals surface area (Å²) < 4.78 is 10.4. The van der Waals surface area contributed by atoms with Crippen LogP contribution in [0.5, 0.6) is 5.75 Å². The highest BCUT2D eigenvalue weighted by molar-refractivity contribution is 5.97. The van der Waals surface area contributed by atoms with E-state index in [4.69, 9.17) is 9.47 Å². The van der Waals surface area contributed by atoms with Crippen LogP contribution in [0.2, 0.25) is 0 Å². The fourth-order valence-corrected chi connectivity index (χ4v) is 1.51. The predicted octanol–water partition coefficient (Wildman–Crippen LogP) is 1.38. The maximum atomic E-state index is 12.0. The highest BCUT2D eigenvalue weighted by atomic mass is 16.5. The van der Waals surface area contributed by atoms with Crippen LogP contribution in [0.1, 0.15) is 10.4 Å². The van der Waals surface area contributed by atoms with Gasteiger partial charge in [0, 0.05) is 0 Å². The molecule has 0 unspecified atom stereocenters. The van der Waals surface area contributed by atoms with Gasteiger partial charge in [0.05, 0.1) is 24.8 Å². The monoisotopic (exact) mass is 233 g/mol. The predicted molar refractivity (Wildman–Crippen MR) is 64.2 cm³/mol. The Labute approximate surface area is 100 Å². The summed E-state index contributed by atoms with van der Waals surface area (Å²) in [5, 5.41) is 2.88. The van der Waals surface area contributed by atoms with Crippen molar-refractivity contribution in [3.63, 3.8) is 0 Å². The van der Waals surface area contributed by atoms with E-state index >= 15 is 0 Å².